The summed E-state index contributed by atoms with van der Waals surface area (Å²) in [5, 5.41) is 1.29. The van der Waals surface area contributed by atoms with Crippen LogP contribution in [0.2, 0.25) is 10.0 Å². The zero-order valence-corrected chi connectivity index (χ0v) is 12.5. The highest BCUT2D eigenvalue weighted by Crippen LogP contribution is 2.40. The van der Waals surface area contributed by atoms with Crippen LogP contribution in [0.3, 0.4) is 0 Å². The maximum absolute atomic E-state index is 6.30. The second kappa shape index (κ2) is 5.36. The molecule has 0 bridgehead atoms. The molecule has 0 saturated heterocycles. The van der Waals surface area contributed by atoms with E-state index in [1.54, 1.807) is 12.3 Å². The number of pyridine rings is 1. The third kappa shape index (κ3) is 2.83. The number of benzene rings is 1. The van der Waals surface area contributed by atoms with Crippen LogP contribution in [0.25, 0.3) is 5.57 Å². The first-order valence-corrected chi connectivity index (χ1v) is 6.74. The van der Waals surface area contributed by atoms with E-state index in [0.717, 1.165) is 16.7 Å². The fraction of sp³-hybridized carbons (Fsp3) is 0.188. The van der Waals surface area contributed by atoms with Gasteiger partial charge in [0.1, 0.15) is 0 Å². The zero-order valence-electron chi connectivity index (χ0n) is 11.0. The molecule has 1 aromatic heterocycles. The van der Waals surface area contributed by atoms with Crippen molar-refractivity contribution in [2.45, 2.75) is 19.3 Å². The lowest BCUT2D eigenvalue weighted by Crippen LogP contribution is -2.19. The normalized spacial score (nSPS) is 11.4. The molecule has 3 heteroatoms. The number of hydrogen-bond acceptors (Lipinski definition) is 1. The van der Waals surface area contributed by atoms with Gasteiger partial charge < -0.3 is 0 Å². The second-order valence-corrected chi connectivity index (χ2v) is 5.81. The van der Waals surface area contributed by atoms with E-state index in [-0.39, 0.29) is 5.41 Å². The van der Waals surface area contributed by atoms with Gasteiger partial charge in [0.2, 0.25) is 0 Å². The largest absolute Gasteiger partial charge is 0.264 e. The minimum Gasteiger partial charge on any atom is -0.264 e. The molecular weight excluding hydrogens is 277 g/mol. The van der Waals surface area contributed by atoms with Crippen molar-refractivity contribution in [3.8, 4) is 0 Å². The first-order chi connectivity index (χ1) is 8.93. The average molecular weight is 292 g/mol. The Morgan fingerprint density at radius 1 is 1.21 bits per heavy atom. The molecule has 0 unspecified atom stereocenters. The van der Waals surface area contributed by atoms with E-state index >= 15 is 0 Å². The van der Waals surface area contributed by atoms with Gasteiger partial charge in [-0.3, -0.25) is 4.98 Å². The Morgan fingerprint density at radius 3 is 2.53 bits per heavy atom. The molecule has 0 spiro atoms. The van der Waals surface area contributed by atoms with Crippen molar-refractivity contribution in [1.82, 2.24) is 4.98 Å². The maximum atomic E-state index is 6.30. The van der Waals surface area contributed by atoms with Crippen LogP contribution in [0.15, 0.2) is 49.3 Å². The summed E-state index contributed by atoms with van der Waals surface area (Å²) in [6.07, 6.45) is 3.56. The number of nitrogens with zero attached hydrogens (tertiary/aromatic N) is 1. The number of hydrogen-bond donors (Lipinski definition) is 0. The van der Waals surface area contributed by atoms with Crippen LogP contribution in [0.5, 0.6) is 0 Å². The minimum absolute atomic E-state index is 0.287. The molecule has 0 radical (unpaired) electrons. The molecule has 0 aliphatic heterocycles. The van der Waals surface area contributed by atoms with Crippen LogP contribution in [0.4, 0.5) is 0 Å². The first kappa shape index (κ1) is 14.1. The smallest absolute Gasteiger partial charge is 0.0461 e. The molecule has 1 nitrogen and oxygen atoms in total. The highest BCUT2D eigenvalue weighted by molar-refractivity contribution is 6.35. The molecule has 2 rings (SSSR count). The Kier molecular flexibility index (Phi) is 3.98. The number of allylic oxidation sites excluding steroid dienone is 1. The third-order valence-corrected chi connectivity index (χ3v) is 3.92. The van der Waals surface area contributed by atoms with E-state index in [1.165, 1.54) is 0 Å². The minimum atomic E-state index is -0.287. The van der Waals surface area contributed by atoms with Crippen molar-refractivity contribution in [1.29, 1.82) is 0 Å². The van der Waals surface area contributed by atoms with Gasteiger partial charge in [0, 0.05) is 27.9 Å². The molecular formula is C16H15Cl2N. The van der Waals surface area contributed by atoms with Crippen molar-refractivity contribution in [2.75, 3.05) is 0 Å². The molecule has 0 saturated carbocycles. The summed E-state index contributed by atoms with van der Waals surface area (Å²) in [5.74, 6) is 0. The van der Waals surface area contributed by atoms with E-state index in [4.69, 9.17) is 23.2 Å². The third-order valence-electron chi connectivity index (χ3n) is 3.37. The first-order valence-electron chi connectivity index (χ1n) is 5.98. The van der Waals surface area contributed by atoms with Crippen molar-refractivity contribution in [2.24, 2.45) is 0 Å². The van der Waals surface area contributed by atoms with Crippen molar-refractivity contribution < 1.29 is 0 Å². The standard InChI is InChI=1S/C16H15Cl2N/c1-11(12-5-4-8-19-10-12)16(2,3)14-7-6-13(17)9-15(14)18/h4-10H,1H2,2-3H3. The summed E-state index contributed by atoms with van der Waals surface area (Å²) in [6, 6.07) is 9.46. The van der Waals surface area contributed by atoms with E-state index in [0.29, 0.717) is 10.0 Å². The predicted octanol–water partition coefficient (Wildman–Crippen LogP) is 5.38. The SMILES string of the molecule is C=C(c1cccnc1)C(C)(C)c1ccc(Cl)cc1Cl. The summed E-state index contributed by atoms with van der Waals surface area (Å²) in [4.78, 5) is 4.13. The molecule has 0 aliphatic rings. The van der Waals surface area contributed by atoms with Gasteiger partial charge in [-0.25, -0.2) is 0 Å². The summed E-state index contributed by atoms with van der Waals surface area (Å²) < 4.78 is 0. The van der Waals surface area contributed by atoms with Crippen molar-refractivity contribution >= 4 is 28.8 Å². The number of rotatable bonds is 3. The van der Waals surface area contributed by atoms with E-state index < -0.39 is 0 Å². The molecule has 1 aromatic carbocycles. The molecule has 1 heterocycles. The van der Waals surface area contributed by atoms with Crippen molar-refractivity contribution in [3.63, 3.8) is 0 Å². The molecule has 0 amide bonds. The predicted molar refractivity (Wildman–Crippen MR) is 82.8 cm³/mol. The van der Waals surface area contributed by atoms with Gasteiger partial charge in [0.05, 0.1) is 0 Å². The topological polar surface area (TPSA) is 12.9 Å². The van der Waals surface area contributed by atoms with Gasteiger partial charge in [0.15, 0.2) is 0 Å². The Morgan fingerprint density at radius 2 is 1.95 bits per heavy atom. The lowest BCUT2D eigenvalue weighted by atomic mass is 9.76. The van der Waals surface area contributed by atoms with Crippen LogP contribution in [0, 0.1) is 0 Å². The molecule has 19 heavy (non-hydrogen) atoms. The van der Waals surface area contributed by atoms with E-state index in [9.17, 15) is 0 Å². The number of halogens is 2. The summed E-state index contributed by atoms with van der Waals surface area (Å²) in [7, 11) is 0. The van der Waals surface area contributed by atoms with Crippen LogP contribution in [-0.2, 0) is 5.41 Å². The Bertz CT molecular complexity index is 603. The molecule has 0 N–H and O–H groups in total. The lowest BCUT2D eigenvalue weighted by Gasteiger charge is -2.29. The molecule has 0 fully saturated rings. The van der Waals surface area contributed by atoms with Crippen LogP contribution < -0.4 is 0 Å². The van der Waals surface area contributed by atoms with Gasteiger partial charge in [-0.05, 0) is 34.9 Å². The summed E-state index contributed by atoms with van der Waals surface area (Å²) in [5.41, 5.74) is 2.71. The van der Waals surface area contributed by atoms with Crippen LogP contribution >= 0.6 is 23.2 Å². The van der Waals surface area contributed by atoms with Gasteiger partial charge in [-0.15, -0.1) is 0 Å². The highest BCUT2D eigenvalue weighted by Gasteiger charge is 2.27. The molecule has 2 aromatic rings. The van der Waals surface area contributed by atoms with Gasteiger partial charge in [-0.2, -0.15) is 0 Å². The fourth-order valence-electron chi connectivity index (χ4n) is 2.06. The Balaban J connectivity index is 2.45. The van der Waals surface area contributed by atoms with Gasteiger partial charge in [-0.1, -0.05) is 55.8 Å². The lowest BCUT2D eigenvalue weighted by molar-refractivity contribution is 0.693. The number of aromatic nitrogens is 1. The second-order valence-electron chi connectivity index (χ2n) is 4.97. The van der Waals surface area contributed by atoms with E-state index in [1.807, 2.05) is 30.5 Å². The fourth-order valence-corrected chi connectivity index (χ4v) is 2.71. The van der Waals surface area contributed by atoms with Crippen LogP contribution in [-0.4, -0.2) is 4.98 Å². The maximum Gasteiger partial charge on any atom is 0.0461 e. The Hall–Kier alpha value is -1.31. The van der Waals surface area contributed by atoms with E-state index in [2.05, 4.69) is 25.4 Å². The Labute approximate surface area is 123 Å². The van der Waals surface area contributed by atoms with Gasteiger partial charge in [0.25, 0.3) is 0 Å². The zero-order chi connectivity index (χ0) is 14.0. The molecule has 98 valence electrons. The monoisotopic (exact) mass is 291 g/mol. The quantitative estimate of drug-likeness (QED) is 0.740. The van der Waals surface area contributed by atoms with Crippen molar-refractivity contribution in [3.05, 3.63) is 70.5 Å². The summed E-state index contributed by atoms with van der Waals surface area (Å²) >= 11 is 12.3. The highest BCUT2D eigenvalue weighted by atomic mass is 35.5. The van der Waals surface area contributed by atoms with Gasteiger partial charge >= 0.3 is 0 Å². The van der Waals surface area contributed by atoms with Crippen LogP contribution in [0.1, 0.15) is 25.0 Å². The molecule has 0 atom stereocenters. The molecule has 0 aliphatic carbocycles. The summed E-state index contributed by atoms with van der Waals surface area (Å²) in [6.45, 7) is 8.39. The average Bonchev–Trinajstić information content (AvgIpc) is 2.38.